The van der Waals surface area contributed by atoms with Crippen LogP contribution < -0.4 is 0 Å². The van der Waals surface area contributed by atoms with E-state index in [4.69, 9.17) is 0 Å². The minimum absolute atomic E-state index is 0.146. The van der Waals surface area contributed by atoms with E-state index in [-0.39, 0.29) is 12.1 Å². The van der Waals surface area contributed by atoms with Crippen LogP contribution in [0.1, 0.15) is 6.42 Å². The summed E-state index contributed by atoms with van der Waals surface area (Å²) in [5.74, 6) is -12.0. The van der Waals surface area contributed by atoms with E-state index in [1.807, 2.05) is 0 Å². The van der Waals surface area contributed by atoms with Gasteiger partial charge >= 0.3 is 5.25 Å². The van der Waals surface area contributed by atoms with Gasteiger partial charge in [-0.15, -0.1) is 0 Å². The van der Waals surface area contributed by atoms with Gasteiger partial charge in [0.2, 0.25) is 0 Å². The summed E-state index contributed by atoms with van der Waals surface area (Å²) in [6.45, 7) is 0. The molecule has 2 nitrogen and oxygen atoms in total. The topological polar surface area (TPSA) is 34.1 Å². The van der Waals surface area contributed by atoms with Crippen LogP contribution >= 0.6 is 11.8 Å². The Morgan fingerprint density at radius 1 is 0.821 bits per heavy atom. The fourth-order valence-corrected chi connectivity index (χ4v) is 4.53. The van der Waals surface area contributed by atoms with Crippen LogP contribution in [0.2, 0.25) is 0 Å². The first kappa shape index (κ1) is 22.5. The van der Waals surface area contributed by atoms with Crippen molar-refractivity contribution in [1.82, 2.24) is 0 Å². The van der Waals surface area contributed by atoms with E-state index in [9.17, 15) is 43.5 Å². The van der Waals surface area contributed by atoms with E-state index in [2.05, 4.69) is 0 Å². The molecule has 0 spiro atoms. The second-order valence-electron chi connectivity index (χ2n) is 5.68. The molecule has 0 aliphatic heterocycles. The van der Waals surface area contributed by atoms with E-state index in [1.54, 1.807) is 0 Å². The van der Waals surface area contributed by atoms with Crippen molar-refractivity contribution in [3.8, 4) is 0 Å². The quantitative estimate of drug-likeness (QED) is 0.321. The number of hydrogen-bond acceptors (Lipinski definition) is 3. The molecule has 0 radical (unpaired) electrons. The summed E-state index contributed by atoms with van der Waals surface area (Å²) < 4.78 is 132. The number of rotatable bonds is 7. The van der Waals surface area contributed by atoms with Gasteiger partial charge in [-0.25, -0.2) is 34.8 Å². The molecule has 0 atom stereocenters. The largest absolute Gasteiger partial charge is 0.304 e. The van der Waals surface area contributed by atoms with Crippen molar-refractivity contribution < 1.29 is 43.5 Å². The van der Waals surface area contributed by atoms with Crippen LogP contribution in [0.25, 0.3) is 0 Å². The molecule has 2 rings (SSSR count). The number of alkyl halides is 4. The molecule has 12 heteroatoms. The molecule has 2 aromatic rings. The first-order valence-electron chi connectivity index (χ1n) is 7.28. The van der Waals surface area contributed by atoms with Gasteiger partial charge in [-0.2, -0.15) is 8.78 Å². The van der Waals surface area contributed by atoms with Gasteiger partial charge < -0.3 is 0 Å². The van der Waals surface area contributed by atoms with E-state index >= 15 is 0 Å². The maximum Gasteiger partial charge on any atom is 0.304 e. The van der Waals surface area contributed by atoms with Gasteiger partial charge in [-0.05, 0) is 36.0 Å². The Hall–Kier alpha value is -1.82. The Labute approximate surface area is 158 Å². The second kappa shape index (κ2) is 7.90. The van der Waals surface area contributed by atoms with Crippen molar-refractivity contribution in [1.29, 1.82) is 0 Å². The minimum atomic E-state index is -5.08. The normalized spacial score (nSPS) is 13.0. The predicted octanol–water partition coefficient (Wildman–Crippen LogP) is 5.43. The molecule has 0 bridgehead atoms. The van der Waals surface area contributed by atoms with Crippen molar-refractivity contribution in [3.63, 3.8) is 0 Å². The van der Waals surface area contributed by atoms with Crippen molar-refractivity contribution >= 4 is 21.6 Å². The molecule has 0 saturated carbocycles. The molecule has 154 valence electrons. The molecule has 0 heterocycles. The summed E-state index contributed by atoms with van der Waals surface area (Å²) >= 11 is -0.638. The van der Waals surface area contributed by atoms with Crippen LogP contribution in [0.15, 0.2) is 46.2 Å². The van der Waals surface area contributed by atoms with Gasteiger partial charge in [0, 0.05) is 17.0 Å². The molecular weight excluding hydrogens is 440 g/mol. The number of hydrogen-bond donors (Lipinski definition) is 0. The molecule has 0 amide bonds. The van der Waals surface area contributed by atoms with Crippen LogP contribution in [-0.4, -0.2) is 25.3 Å². The van der Waals surface area contributed by atoms with Gasteiger partial charge in [0.15, 0.2) is 9.84 Å². The highest BCUT2D eigenvalue weighted by molar-refractivity contribution is 8.00. The highest BCUT2D eigenvalue weighted by atomic mass is 32.2. The standard InChI is InChI=1S/C16H10F8O2S2/c17-9-1-3-13(11(19)5-9)27-16(23,24)7-15(21,22)8-28(25,26)14-4-2-10(18)6-12(14)20/h1-6H,7-8H2. The van der Waals surface area contributed by atoms with Gasteiger partial charge in [0.05, 0.1) is 6.42 Å². The number of benzene rings is 2. The van der Waals surface area contributed by atoms with Crippen LogP contribution in [0, 0.1) is 23.3 Å². The lowest BCUT2D eigenvalue weighted by Gasteiger charge is -2.23. The minimum Gasteiger partial charge on any atom is -0.223 e. The lowest BCUT2D eigenvalue weighted by molar-refractivity contribution is -0.0503. The number of sulfone groups is 1. The average molecular weight is 450 g/mol. The molecule has 0 unspecified atom stereocenters. The maximum absolute atomic E-state index is 14.0. The zero-order valence-corrected chi connectivity index (χ0v) is 15.2. The molecular formula is C16H10F8O2S2. The predicted molar refractivity (Wildman–Crippen MR) is 85.1 cm³/mol. The third-order valence-corrected chi connectivity index (χ3v) is 6.05. The highest BCUT2D eigenvalue weighted by Gasteiger charge is 2.47. The smallest absolute Gasteiger partial charge is 0.223 e. The van der Waals surface area contributed by atoms with E-state index in [1.165, 1.54) is 0 Å². The van der Waals surface area contributed by atoms with Crippen LogP contribution in [0.5, 0.6) is 0 Å². The van der Waals surface area contributed by atoms with Crippen LogP contribution in [0.3, 0.4) is 0 Å². The fourth-order valence-electron chi connectivity index (χ4n) is 2.19. The van der Waals surface area contributed by atoms with Crippen LogP contribution in [-0.2, 0) is 9.84 Å². The van der Waals surface area contributed by atoms with Crippen molar-refractivity contribution in [2.24, 2.45) is 0 Å². The first-order valence-corrected chi connectivity index (χ1v) is 9.75. The average Bonchev–Trinajstić information content (AvgIpc) is 2.47. The molecule has 0 saturated heterocycles. The van der Waals surface area contributed by atoms with Crippen molar-refractivity contribution in [3.05, 3.63) is 59.7 Å². The third-order valence-electron chi connectivity index (χ3n) is 3.25. The zero-order valence-electron chi connectivity index (χ0n) is 13.5. The highest BCUT2D eigenvalue weighted by Crippen LogP contribution is 2.44. The Bertz CT molecular complexity index is 977. The molecule has 0 N–H and O–H groups in total. The summed E-state index contributed by atoms with van der Waals surface area (Å²) in [5, 5.41) is -4.33. The zero-order chi connectivity index (χ0) is 21.3. The summed E-state index contributed by atoms with van der Waals surface area (Å²) in [4.78, 5) is -2.09. The maximum atomic E-state index is 14.0. The SMILES string of the molecule is O=S(=O)(CC(F)(F)CC(F)(F)Sc1ccc(F)cc1F)c1ccc(F)cc1F. The monoisotopic (exact) mass is 450 g/mol. The fraction of sp³-hybridized carbons (Fsp3) is 0.250. The molecule has 0 aliphatic carbocycles. The summed E-state index contributed by atoms with van der Waals surface area (Å²) in [6, 6.07) is 2.59. The van der Waals surface area contributed by atoms with Crippen molar-refractivity contribution in [2.45, 2.75) is 27.4 Å². The Kier molecular flexibility index (Phi) is 6.34. The van der Waals surface area contributed by atoms with E-state index < -0.39 is 78.0 Å². The Morgan fingerprint density at radius 3 is 1.89 bits per heavy atom. The molecule has 0 fully saturated rings. The van der Waals surface area contributed by atoms with Crippen LogP contribution in [0.4, 0.5) is 35.1 Å². The number of thioether (sulfide) groups is 1. The van der Waals surface area contributed by atoms with Gasteiger partial charge in [-0.3, -0.25) is 0 Å². The van der Waals surface area contributed by atoms with Gasteiger partial charge in [0.25, 0.3) is 5.92 Å². The second-order valence-corrected chi connectivity index (χ2v) is 8.88. The summed E-state index contributed by atoms with van der Waals surface area (Å²) in [5.41, 5.74) is 0. The Morgan fingerprint density at radius 2 is 1.36 bits per heavy atom. The summed E-state index contributed by atoms with van der Waals surface area (Å²) in [7, 11) is -5.08. The van der Waals surface area contributed by atoms with Gasteiger partial charge in [0.1, 0.15) is 33.9 Å². The first-order chi connectivity index (χ1) is 12.7. The third kappa shape index (κ3) is 5.84. The van der Waals surface area contributed by atoms with Gasteiger partial charge in [-0.1, -0.05) is 0 Å². The van der Waals surface area contributed by atoms with E-state index in [0.717, 1.165) is 0 Å². The lowest BCUT2D eigenvalue weighted by atomic mass is 10.3. The molecule has 0 aromatic heterocycles. The summed E-state index contributed by atoms with van der Waals surface area (Å²) in [6.07, 6.45) is -2.32. The molecule has 0 aliphatic rings. The molecule has 28 heavy (non-hydrogen) atoms. The number of halogens is 8. The Balaban J connectivity index is 2.19. The van der Waals surface area contributed by atoms with Crippen molar-refractivity contribution in [2.75, 3.05) is 5.75 Å². The van der Waals surface area contributed by atoms with E-state index in [0.29, 0.717) is 24.3 Å². The molecule has 2 aromatic carbocycles. The lowest BCUT2D eigenvalue weighted by Crippen LogP contribution is -2.34.